The van der Waals surface area contributed by atoms with Crippen LogP contribution in [0.1, 0.15) is 27.8 Å². The van der Waals surface area contributed by atoms with Crippen LogP contribution in [0.5, 0.6) is 0 Å². The van der Waals surface area contributed by atoms with Gasteiger partial charge in [0.15, 0.2) is 12.2 Å². The van der Waals surface area contributed by atoms with Crippen LogP contribution in [0.4, 0.5) is 0 Å². The lowest BCUT2D eigenvalue weighted by atomic mass is 9.98. The highest BCUT2D eigenvalue weighted by atomic mass is 32.2. The number of nitrogens with one attached hydrogen (secondary N) is 1. The van der Waals surface area contributed by atoms with Crippen LogP contribution < -0.4 is 4.83 Å². The van der Waals surface area contributed by atoms with Crippen LogP contribution in [0.2, 0.25) is 0 Å². The van der Waals surface area contributed by atoms with Gasteiger partial charge in [-0.2, -0.15) is 13.2 Å². The second-order valence-corrected chi connectivity index (χ2v) is 13.9. The standard InChI is InChI=1S/C41H42N2O7S/c1-31-22-24-36(25-23-31)51(44,45)43-42-41-40(49-29-35-20-12-5-13-21-35)39(48-28-34-18-10-4-11-19-34)38(47-27-33-16-8-3-9-17-33)37(50-41)30-46-26-32-14-6-2-7-15-32/h2-25,37-40,43H,26-30H2,1H3/b42-41+/t37-,38+,39+,40-/m1/s1. The van der Waals surface area contributed by atoms with Crippen LogP contribution in [0.15, 0.2) is 156 Å². The van der Waals surface area contributed by atoms with Gasteiger partial charge in [-0.15, -0.1) is 5.10 Å². The maximum atomic E-state index is 13.4. The molecule has 0 aliphatic carbocycles. The molecule has 0 spiro atoms. The van der Waals surface area contributed by atoms with Gasteiger partial charge in [0.05, 0.1) is 37.9 Å². The maximum absolute atomic E-state index is 13.4. The summed E-state index contributed by atoms with van der Waals surface area (Å²) in [6.07, 6.45) is -3.17. The SMILES string of the molecule is Cc1ccc(S(=O)(=O)N/N=C2/O[C@H](COCc3ccccc3)[C@H](OCc3ccccc3)[C@H](OCc3ccccc3)[C@H]2OCc2ccccc2)cc1. The first-order chi connectivity index (χ1) is 24.9. The van der Waals surface area contributed by atoms with Crippen LogP contribution in [-0.4, -0.2) is 45.3 Å². The van der Waals surface area contributed by atoms with Crippen LogP contribution in [-0.2, 0) is 60.1 Å². The average Bonchev–Trinajstić information content (AvgIpc) is 3.17. The van der Waals surface area contributed by atoms with Crippen molar-refractivity contribution in [3.63, 3.8) is 0 Å². The Morgan fingerprint density at radius 2 is 1.04 bits per heavy atom. The summed E-state index contributed by atoms with van der Waals surface area (Å²) in [5.41, 5.74) is 4.76. The summed E-state index contributed by atoms with van der Waals surface area (Å²) in [7, 11) is -4.05. The fraction of sp³-hybridized carbons (Fsp3) is 0.244. The topological polar surface area (TPSA) is 105 Å². The number of benzene rings is 5. The zero-order valence-electron chi connectivity index (χ0n) is 28.4. The van der Waals surface area contributed by atoms with Gasteiger partial charge in [-0.05, 0) is 41.3 Å². The van der Waals surface area contributed by atoms with Crippen LogP contribution >= 0.6 is 0 Å². The van der Waals surface area contributed by atoms with Gasteiger partial charge in [0.25, 0.3) is 10.0 Å². The molecule has 1 aliphatic rings. The van der Waals surface area contributed by atoms with E-state index >= 15 is 0 Å². The molecule has 6 rings (SSSR count). The van der Waals surface area contributed by atoms with Gasteiger partial charge in [0.1, 0.15) is 12.2 Å². The molecule has 0 aromatic heterocycles. The van der Waals surface area contributed by atoms with Crippen LogP contribution in [0, 0.1) is 6.92 Å². The molecule has 0 radical (unpaired) electrons. The lowest BCUT2D eigenvalue weighted by molar-refractivity contribution is -0.196. The molecule has 0 amide bonds. The lowest BCUT2D eigenvalue weighted by Gasteiger charge is -2.42. The van der Waals surface area contributed by atoms with E-state index in [0.717, 1.165) is 27.8 Å². The number of rotatable bonds is 16. The van der Waals surface area contributed by atoms with Gasteiger partial charge in [-0.3, -0.25) is 0 Å². The molecule has 264 valence electrons. The molecule has 1 fully saturated rings. The molecule has 1 N–H and O–H groups in total. The van der Waals surface area contributed by atoms with Crippen molar-refractivity contribution in [1.29, 1.82) is 0 Å². The Morgan fingerprint density at radius 1 is 0.588 bits per heavy atom. The molecule has 1 heterocycles. The summed E-state index contributed by atoms with van der Waals surface area (Å²) in [6, 6.07) is 45.6. The molecule has 1 aliphatic heterocycles. The van der Waals surface area contributed by atoms with Crippen molar-refractivity contribution in [3.8, 4) is 0 Å². The minimum absolute atomic E-state index is 0.00699. The number of ether oxygens (including phenoxy) is 5. The van der Waals surface area contributed by atoms with Gasteiger partial charge >= 0.3 is 0 Å². The first-order valence-electron chi connectivity index (χ1n) is 16.9. The van der Waals surface area contributed by atoms with Crippen molar-refractivity contribution < 1.29 is 32.1 Å². The van der Waals surface area contributed by atoms with Crippen LogP contribution in [0.3, 0.4) is 0 Å². The second-order valence-electron chi connectivity index (χ2n) is 12.3. The third-order valence-electron chi connectivity index (χ3n) is 8.35. The van der Waals surface area contributed by atoms with E-state index in [1.807, 2.05) is 128 Å². The smallest absolute Gasteiger partial charge is 0.276 e. The van der Waals surface area contributed by atoms with Crippen molar-refractivity contribution in [1.82, 2.24) is 4.83 Å². The molecule has 0 saturated carbocycles. The minimum atomic E-state index is -4.05. The first kappa shape index (κ1) is 36.0. The van der Waals surface area contributed by atoms with E-state index in [-0.39, 0.29) is 37.2 Å². The molecule has 4 atom stereocenters. The molecule has 10 heteroatoms. The third kappa shape index (κ3) is 10.3. The summed E-state index contributed by atoms with van der Waals surface area (Å²) >= 11 is 0. The number of aryl methyl sites for hydroxylation is 1. The highest BCUT2D eigenvalue weighted by Gasteiger charge is 2.48. The van der Waals surface area contributed by atoms with E-state index in [2.05, 4.69) is 9.93 Å². The number of nitrogens with zero attached hydrogens (tertiary/aromatic N) is 1. The Bertz CT molecular complexity index is 1910. The molecular formula is C41H42N2O7S. The molecule has 5 aromatic rings. The monoisotopic (exact) mass is 706 g/mol. The van der Waals surface area contributed by atoms with Crippen molar-refractivity contribution >= 4 is 15.9 Å². The third-order valence-corrected chi connectivity index (χ3v) is 9.57. The molecule has 5 aromatic carbocycles. The molecule has 0 unspecified atom stereocenters. The first-order valence-corrected chi connectivity index (χ1v) is 18.3. The Balaban J connectivity index is 1.35. The van der Waals surface area contributed by atoms with E-state index in [1.54, 1.807) is 12.1 Å². The lowest BCUT2D eigenvalue weighted by Crippen LogP contribution is -2.60. The number of hydrogen-bond donors (Lipinski definition) is 1. The number of hydrogen-bond acceptors (Lipinski definition) is 8. The summed E-state index contributed by atoms with van der Waals surface area (Å²) in [4.78, 5) is 2.45. The van der Waals surface area contributed by atoms with Crippen molar-refractivity contribution in [3.05, 3.63) is 173 Å². The van der Waals surface area contributed by atoms with E-state index in [0.29, 0.717) is 6.61 Å². The van der Waals surface area contributed by atoms with Crippen LogP contribution in [0.25, 0.3) is 0 Å². The normalized spacial score (nSPS) is 19.7. The van der Waals surface area contributed by atoms with Crippen molar-refractivity contribution in [2.75, 3.05) is 6.61 Å². The van der Waals surface area contributed by atoms with Gasteiger partial charge in [-0.25, -0.2) is 0 Å². The summed E-state index contributed by atoms with van der Waals surface area (Å²) in [6.45, 7) is 3.02. The summed E-state index contributed by atoms with van der Waals surface area (Å²) in [5.74, 6) is 0.00699. The summed E-state index contributed by atoms with van der Waals surface area (Å²) < 4.78 is 59.4. The Hall–Kier alpha value is -4.84. The highest BCUT2D eigenvalue weighted by Crippen LogP contribution is 2.29. The highest BCUT2D eigenvalue weighted by molar-refractivity contribution is 7.89. The van der Waals surface area contributed by atoms with E-state index in [4.69, 9.17) is 23.7 Å². The molecule has 0 bridgehead atoms. The van der Waals surface area contributed by atoms with E-state index < -0.39 is 34.4 Å². The predicted molar refractivity (Wildman–Crippen MR) is 195 cm³/mol. The van der Waals surface area contributed by atoms with Crippen molar-refractivity contribution in [2.24, 2.45) is 5.10 Å². The van der Waals surface area contributed by atoms with E-state index in [1.165, 1.54) is 12.1 Å². The quantitative estimate of drug-likeness (QED) is 0.111. The number of sulfonamides is 1. The Labute approximate surface area is 299 Å². The molecule has 51 heavy (non-hydrogen) atoms. The fourth-order valence-corrected chi connectivity index (χ4v) is 6.43. The summed E-state index contributed by atoms with van der Waals surface area (Å²) in [5, 5.41) is 4.36. The van der Waals surface area contributed by atoms with E-state index in [9.17, 15) is 8.42 Å². The molecule has 9 nitrogen and oxygen atoms in total. The van der Waals surface area contributed by atoms with Crippen molar-refractivity contribution in [2.45, 2.75) is 62.7 Å². The van der Waals surface area contributed by atoms with Gasteiger partial charge in [0, 0.05) is 0 Å². The fourth-order valence-electron chi connectivity index (χ4n) is 5.62. The molecule has 1 saturated heterocycles. The Kier molecular flexibility index (Phi) is 12.6. The van der Waals surface area contributed by atoms with Gasteiger partial charge in [-0.1, -0.05) is 139 Å². The van der Waals surface area contributed by atoms with Gasteiger partial charge in [0.2, 0.25) is 5.90 Å². The second kappa shape index (κ2) is 17.9. The minimum Gasteiger partial charge on any atom is -0.469 e. The average molecular weight is 707 g/mol. The Morgan fingerprint density at radius 3 is 1.55 bits per heavy atom. The predicted octanol–water partition coefficient (Wildman–Crippen LogP) is 6.96. The zero-order valence-corrected chi connectivity index (χ0v) is 29.2. The largest absolute Gasteiger partial charge is 0.469 e. The maximum Gasteiger partial charge on any atom is 0.276 e. The number of hydrazone groups is 1. The zero-order chi connectivity index (χ0) is 35.3. The van der Waals surface area contributed by atoms with Gasteiger partial charge < -0.3 is 23.7 Å². The molecular weight excluding hydrogens is 665 g/mol.